The third-order valence-corrected chi connectivity index (χ3v) is 6.20. The van der Waals surface area contributed by atoms with Gasteiger partial charge in [0, 0.05) is 35.3 Å². The molecule has 0 N–H and O–H groups in total. The second-order valence-corrected chi connectivity index (χ2v) is 9.58. The zero-order valence-electron chi connectivity index (χ0n) is 23.4. The SMILES string of the molecule is C=C(C)C(=O)OCCCCCCOc1ccc(C(=O)CCc2ccc(/C=C/C(=O)OCCOCC)cc2Cl)cc1. The van der Waals surface area contributed by atoms with Crippen LogP contribution in [0.25, 0.3) is 6.08 Å². The molecule has 0 saturated heterocycles. The van der Waals surface area contributed by atoms with Gasteiger partial charge in [-0.25, -0.2) is 9.59 Å². The van der Waals surface area contributed by atoms with Crippen molar-refractivity contribution in [1.29, 1.82) is 0 Å². The summed E-state index contributed by atoms with van der Waals surface area (Å²) >= 11 is 6.42. The van der Waals surface area contributed by atoms with Gasteiger partial charge in [0.05, 0.1) is 19.8 Å². The van der Waals surface area contributed by atoms with Gasteiger partial charge in [-0.2, -0.15) is 0 Å². The molecule has 0 aliphatic rings. The van der Waals surface area contributed by atoms with Crippen molar-refractivity contribution in [1.82, 2.24) is 0 Å². The number of aryl methyl sites for hydroxylation is 1. The van der Waals surface area contributed by atoms with Gasteiger partial charge < -0.3 is 18.9 Å². The summed E-state index contributed by atoms with van der Waals surface area (Å²) in [6.45, 7) is 9.21. The molecular formula is C32H39ClO7. The largest absolute Gasteiger partial charge is 0.494 e. The molecule has 0 atom stereocenters. The van der Waals surface area contributed by atoms with E-state index in [1.807, 2.05) is 19.1 Å². The second-order valence-electron chi connectivity index (χ2n) is 9.18. The van der Waals surface area contributed by atoms with Crippen molar-refractivity contribution in [2.45, 2.75) is 52.4 Å². The molecule has 40 heavy (non-hydrogen) atoms. The summed E-state index contributed by atoms with van der Waals surface area (Å²) in [6.07, 6.45) is 7.45. The van der Waals surface area contributed by atoms with Gasteiger partial charge in [0.25, 0.3) is 0 Å². The highest BCUT2D eigenvalue weighted by Crippen LogP contribution is 2.22. The van der Waals surface area contributed by atoms with E-state index in [0.29, 0.717) is 55.4 Å². The number of Topliss-reactive ketones (excluding diaryl/α,β-unsaturated/α-hetero) is 1. The average Bonchev–Trinajstić information content (AvgIpc) is 2.95. The normalized spacial score (nSPS) is 10.9. The molecule has 8 heteroatoms. The number of unbranched alkanes of at least 4 members (excludes halogenated alkanes) is 3. The fourth-order valence-electron chi connectivity index (χ4n) is 3.59. The molecule has 0 aliphatic carbocycles. The standard InChI is InChI=1S/C32H39ClO7/c1-4-37-21-22-39-31(35)18-10-25-9-11-26(29(33)23-25)14-17-30(34)27-12-15-28(16-13-27)38-19-7-5-6-8-20-40-32(36)24(2)3/h9-13,15-16,18,23H,2,4-8,14,17,19-22H2,1,3H3/b18-10+. The molecule has 0 aliphatic heterocycles. The highest BCUT2D eigenvalue weighted by molar-refractivity contribution is 6.31. The smallest absolute Gasteiger partial charge is 0.333 e. The van der Waals surface area contributed by atoms with Crippen LogP contribution in [-0.4, -0.2) is 50.8 Å². The lowest BCUT2D eigenvalue weighted by molar-refractivity contribution is -0.140. The molecule has 7 nitrogen and oxygen atoms in total. The Bertz CT molecular complexity index is 1140. The highest BCUT2D eigenvalue weighted by Gasteiger charge is 2.09. The number of ether oxygens (including phenoxy) is 4. The molecule has 0 bridgehead atoms. The van der Waals surface area contributed by atoms with Crippen molar-refractivity contribution in [3.8, 4) is 5.75 Å². The number of hydrogen-bond donors (Lipinski definition) is 0. The van der Waals surface area contributed by atoms with Gasteiger partial charge in [-0.05, 0) is 93.5 Å². The van der Waals surface area contributed by atoms with Crippen LogP contribution < -0.4 is 4.74 Å². The molecule has 0 fully saturated rings. The number of carbonyl (C=O) groups excluding carboxylic acids is 3. The third-order valence-electron chi connectivity index (χ3n) is 5.85. The summed E-state index contributed by atoms with van der Waals surface area (Å²) in [5.41, 5.74) is 2.66. The molecule has 2 aromatic rings. The van der Waals surface area contributed by atoms with Crippen LogP contribution in [0.15, 0.2) is 60.7 Å². The van der Waals surface area contributed by atoms with E-state index in [1.165, 1.54) is 6.08 Å². The molecule has 0 radical (unpaired) electrons. The summed E-state index contributed by atoms with van der Waals surface area (Å²) in [4.78, 5) is 35.8. The highest BCUT2D eigenvalue weighted by atomic mass is 35.5. The number of hydrogen-bond acceptors (Lipinski definition) is 7. The maximum absolute atomic E-state index is 12.7. The van der Waals surface area contributed by atoms with E-state index in [-0.39, 0.29) is 18.4 Å². The quantitative estimate of drug-likeness (QED) is 0.0793. The summed E-state index contributed by atoms with van der Waals surface area (Å²) in [5.74, 6) is -0.0501. The van der Waals surface area contributed by atoms with E-state index < -0.39 is 5.97 Å². The van der Waals surface area contributed by atoms with E-state index in [9.17, 15) is 14.4 Å². The van der Waals surface area contributed by atoms with E-state index in [4.69, 9.17) is 30.5 Å². The lowest BCUT2D eigenvalue weighted by Gasteiger charge is -2.08. The Balaban J connectivity index is 1.68. The number of carbonyl (C=O) groups is 3. The Morgan fingerprint density at radius 2 is 1.62 bits per heavy atom. The van der Waals surface area contributed by atoms with Crippen LogP contribution in [0.5, 0.6) is 5.75 Å². The zero-order chi connectivity index (χ0) is 29.2. The van der Waals surface area contributed by atoms with Crippen LogP contribution in [-0.2, 0) is 30.2 Å². The maximum Gasteiger partial charge on any atom is 0.333 e. The van der Waals surface area contributed by atoms with Crippen LogP contribution in [0, 0.1) is 0 Å². The first-order valence-electron chi connectivity index (χ1n) is 13.6. The minimum atomic E-state index is -0.447. The maximum atomic E-state index is 12.7. The fourth-order valence-corrected chi connectivity index (χ4v) is 3.88. The second kappa shape index (κ2) is 18.8. The van der Waals surface area contributed by atoms with Gasteiger partial charge in [-0.1, -0.05) is 30.3 Å². The fraction of sp³-hybridized carbons (Fsp3) is 0.406. The van der Waals surface area contributed by atoms with Gasteiger partial charge in [-0.15, -0.1) is 0 Å². The zero-order valence-corrected chi connectivity index (χ0v) is 24.2. The molecule has 0 aromatic heterocycles. The Morgan fingerprint density at radius 3 is 2.30 bits per heavy atom. The minimum Gasteiger partial charge on any atom is -0.494 e. The molecule has 0 amide bonds. The van der Waals surface area contributed by atoms with Crippen LogP contribution in [0.2, 0.25) is 5.02 Å². The van der Waals surface area contributed by atoms with Gasteiger partial charge in [0.2, 0.25) is 0 Å². The van der Waals surface area contributed by atoms with Gasteiger partial charge >= 0.3 is 11.9 Å². The first-order chi connectivity index (χ1) is 19.3. The van der Waals surface area contributed by atoms with Gasteiger partial charge in [0.1, 0.15) is 12.4 Å². The van der Waals surface area contributed by atoms with Crippen molar-refractivity contribution < 1.29 is 33.3 Å². The number of ketones is 1. The van der Waals surface area contributed by atoms with Crippen molar-refractivity contribution >= 4 is 35.4 Å². The molecule has 0 saturated carbocycles. The summed E-state index contributed by atoms with van der Waals surface area (Å²) in [7, 11) is 0. The molecule has 2 rings (SSSR count). The van der Waals surface area contributed by atoms with Gasteiger partial charge in [0.15, 0.2) is 5.78 Å². The Morgan fingerprint density at radius 1 is 0.900 bits per heavy atom. The molecule has 2 aromatic carbocycles. The van der Waals surface area contributed by atoms with Crippen molar-refractivity contribution in [3.05, 3.63) is 82.4 Å². The predicted octanol–water partition coefficient (Wildman–Crippen LogP) is 6.81. The average molecular weight is 571 g/mol. The number of rotatable bonds is 19. The van der Waals surface area contributed by atoms with Gasteiger partial charge in [-0.3, -0.25) is 4.79 Å². The van der Waals surface area contributed by atoms with Crippen molar-refractivity contribution in [2.24, 2.45) is 0 Å². The topological polar surface area (TPSA) is 88.1 Å². The minimum absolute atomic E-state index is 0.0220. The molecule has 0 spiro atoms. The van der Waals surface area contributed by atoms with E-state index in [1.54, 1.807) is 43.3 Å². The van der Waals surface area contributed by atoms with Crippen LogP contribution in [0.3, 0.4) is 0 Å². The predicted molar refractivity (Wildman–Crippen MR) is 157 cm³/mol. The molecule has 0 unspecified atom stereocenters. The van der Waals surface area contributed by atoms with E-state index >= 15 is 0 Å². The summed E-state index contributed by atoms with van der Waals surface area (Å²) in [6, 6.07) is 12.6. The molecular weight excluding hydrogens is 532 g/mol. The molecule has 216 valence electrons. The van der Waals surface area contributed by atoms with Crippen molar-refractivity contribution in [2.75, 3.05) is 33.0 Å². The first-order valence-corrected chi connectivity index (χ1v) is 14.0. The summed E-state index contributed by atoms with van der Waals surface area (Å²) < 4.78 is 21.0. The van der Waals surface area contributed by atoms with Crippen molar-refractivity contribution in [3.63, 3.8) is 0 Å². The lowest BCUT2D eigenvalue weighted by Crippen LogP contribution is -2.08. The van der Waals surface area contributed by atoms with E-state index in [2.05, 4.69) is 6.58 Å². The monoisotopic (exact) mass is 570 g/mol. The Hall–Kier alpha value is -3.42. The summed E-state index contributed by atoms with van der Waals surface area (Å²) in [5, 5.41) is 0.538. The van der Waals surface area contributed by atoms with Crippen LogP contribution in [0.1, 0.15) is 67.4 Å². The Kier molecular flexibility index (Phi) is 15.4. The number of halogens is 1. The third kappa shape index (κ3) is 13.1. The molecule has 0 heterocycles. The number of esters is 2. The first kappa shape index (κ1) is 32.8. The van der Waals surface area contributed by atoms with Crippen LogP contribution >= 0.6 is 11.6 Å². The van der Waals surface area contributed by atoms with E-state index in [0.717, 1.165) is 42.6 Å². The van der Waals surface area contributed by atoms with Crippen LogP contribution in [0.4, 0.5) is 0 Å². The number of benzene rings is 2. The Labute approximate surface area is 242 Å². The lowest BCUT2D eigenvalue weighted by atomic mass is 10.0.